The number of alkyl halides is 3. The van der Waals surface area contributed by atoms with E-state index in [9.17, 15) is 18.0 Å². The largest absolute Gasteiger partial charge is 0.418 e. The Morgan fingerprint density at radius 2 is 1.73 bits per heavy atom. The molecule has 8 heteroatoms. The molecule has 1 aromatic carbocycles. The van der Waals surface area contributed by atoms with Gasteiger partial charge in [0.25, 0.3) is 0 Å². The molecule has 4 saturated carbocycles. The number of halogens is 3. The number of nitrogen functional groups attached to an aromatic ring is 1. The van der Waals surface area contributed by atoms with Crippen molar-refractivity contribution in [2.75, 3.05) is 49.9 Å². The van der Waals surface area contributed by atoms with Gasteiger partial charge in [-0.1, -0.05) is 12.8 Å². The van der Waals surface area contributed by atoms with Crippen LogP contribution in [-0.4, -0.2) is 50.1 Å². The Labute approximate surface area is 218 Å². The number of carbonyl (C=O) groups is 1. The van der Waals surface area contributed by atoms with E-state index in [1.54, 1.807) is 6.07 Å². The molecule has 1 spiro atoms. The molecule has 1 heterocycles. The molecule has 5 atom stereocenters. The number of carbonyl (C=O) groups excluding carboxylic acids is 1. The Morgan fingerprint density at radius 1 is 0.973 bits per heavy atom. The standard InChI is InChI=1S/C29H41F3N4O/c30-29(31,32)24-15-23(7-8-25(24)33)36-13-11-35(12-14-36)10-4-2-1-3-9-34-26(37)28-18-21-17-27(28)16-20(21)5-6-22(27)19-28/h7-8,15,20-22H,1-6,9-14,16-19,33H2,(H,34,37). The normalized spacial score (nSPS) is 34.5. The Kier molecular flexibility index (Phi) is 6.40. The summed E-state index contributed by atoms with van der Waals surface area (Å²) in [6.07, 6.45) is 7.74. The molecule has 3 bridgehead atoms. The first kappa shape index (κ1) is 25.3. The van der Waals surface area contributed by atoms with E-state index in [0.29, 0.717) is 17.0 Å². The fraction of sp³-hybridized carbons (Fsp3) is 0.759. The molecule has 1 aromatic rings. The lowest BCUT2D eigenvalue weighted by Crippen LogP contribution is -2.64. The molecule has 204 valence electrons. The molecule has 1 saturated heterocycles. The minimum absolute atomic E-state index is 0.0118. The molecule has 1 amide bonds. The first-order valence-corrected chi connectivity index (χ1v) is 14.4. The van der Waals surface area contributed by atoms with Crippen molar-refractivity contribution in [3.63, 3.8) is 0 Å². The van der Waals surface area contributed by atoms with Crippen molar-refractivity contribution in [2.24, 2.45) is 28.6 Å². The maximum atomic E-state index is 13.2. The molecule has 5 unspecified atom stereocenters. The van der Waals surface area contributed by atoms with Crippen LogP contribution >= 0.6 is 0 Å². The van der Waals surface area contributed by atoms with Crippen LogP contribution < -0.4 is 16.0 Å². The van der Waals surface area contributed by atoms with E-state index in [1.165, 1.54) is 37.8 Å². The number of nitrogens with one attached hydrogen (secondary N) is 1. The van der Waals surface area contributed by atoms with Gasteiger partial charge in [0, 0.05) is 44.1 Å². The second-order valence-electron chi connectivity index (χ2n) is 12.6. The van der Waals surface area contributed by atoms with Gasteiger partial charge in [0.15, 0.2) is 0 Å². The zero-order valence-corrected chi connectivity index (χ0v) is 21.8. The van der Waals surface area contributed by atoms with Gasteiger partial charge in [-0.15, -0.1) is 0 Å². The molecule has 37 heavy (non-hydrogen) atoms. The lowest BCUT2D eigenvalue weighted by atomic mass is 9.39. The third-order valence-corrected chi connectivity index (χ3v) is 10.9. The fourth-order valence-electron chi connectivity index (χ4n) is 9.07. The molecular formula is C29H41F3N4O. The first-order chi connectivity index (χ1) is 17.7. The predicted molar refractivity (Wildman–Crippen MR) is 139 cm³/mol. The minimum atomic E-state index is -4.43. The van der Waals surface area contributed by atoms with Crippen LogP contribution in [-0.2, 0) is 11.0 Å². The number of hydrogen-bond acceptors (Lipinski definition) is 4. The van der Waals surface area contributed by atoms with Crippen LogP contribution in [0.3, 0.4) is 0 Å². The van der Waals surface area contributed by atoms with Crippen molar-refractivity contribution in [2.45, 2.75) is 70.4 Å². The lowest BCUT2D eigenvalue weighted by molar-refractivity contribution is -0.182. The molecular weight excluding hydrogens is 477 g/mol. The first-order valence-electron chi connectivity index (χ1n) is 14.4. The van der Waals surface area contributed by atoms with Gasteiger partial charge in [0.2, 0.25) is 5.91 Å². The van der Waals surface area contributed by atoms with Gasteiger partial charge in [0.1, 0.15) is 0 Å². The number of nitrogens with zero attached hydrogens (tertiary/aromatic N) is 2. The van der Waals surface area contributed by atoms with Crippen molar-refractivity contribution >= 4 is 17.3 Å². The second-order valence-corrected chi connectivity index (χ2v) is 12.6. The summed E-state index contributed by atoms with van der Waals surface area (Å²) in [7, 11) is 0. The molecule has 6 rings (SSSR count). The number of hydrogen-bond donors (Lipinski definition) is 2. The number of anilines is 2. The third-order valence-electron chi connectivity index (χ3n) is 10.9. The number of benzene rings is 1. The molecule has 0 radical (unpaired) electrons. The number of nitrogens with two attached hydrogens (primary N) is 1. The minimum Gasteiger partial charge on any atom is -0.398 e. The number of piperazine rings is 1. The SMILES string of the molecule is Nc1ccc(N2CCN(CCCCCCNC(=O)C34CC5CC36CC5CCC6C4)CC2)cc1C(F)(F)F. The summed E-state index contributed by atoms with van der Waals surface area (Å²) >= 11 is 0. The maximum Gasteiger partial charge on any atom is 0.418 e. The number of fused-ring (bicyclic) bond motifs is 3. The molecule has 5 fully saturated rings. The number of amides is 1. The van der Waals surface area contributed by atoms with Gasteiger partial charge < -0.3 is 16.0 Å². The van der Waals surface area contributed by atoms with Gasteiger partial charge in [-0.25, -0.2) is 0 Å². The summed E-state index contributed by atoms with van der Waals surface area (Å²) in [5, 5.41) is 3.33. The van der Waals surface area contributed by atoms with Crippen LogP contribution in [0.1, 0.15) is 69.8 Å². The summed E-state index contributed by atoms with van der Waals surface area (Å²) in [5.41, 5.74) is 5.52. The van der Waals surface area contributed by atoms with Gasteiger partial charge in [-0.05, 0) is 99.3 Å². The molecule has 5 nitrogen and oxygen atoms in total. The maximum absolute atomic E-state index is 13.2. The van der Waals surface area contributed by atoms with Crippen molar-refractivity contribution in [1.82, 2.24) is 10.2 Å². The fourth-order valence-corrected chi connectivity index (χ4v) is 9.07. The van der Waals surface area contributed by atoms with E-state index in [-0.39, 0.29) is 11.1 Å². The zero-order valence-electron chi connectivity index (χ0n) is 21.8. The van der Waals surface area contributed by atoms with Crippen LogP contribution in [0.4, 0.5) is 24.5 Å². The quantitative estimate of drug-likeness (QED) is 0.344. The van der Waals surface area contributed by atoms with E-state index >= 15 is 0 Å². The monoisotopic (exact) mass is 518 g/mol. The Morgan fingerprint density at radius 3 is 2.51 bits per heavy atom. The summed E-state index contributed by atoms with van der Waals surface area (Å²) < 4.78 is 39.6. The number of unbranched alkanes of at least 4 members (excludes halogenated alkanes) is 3. The predicted octanol–water partition coefficient (Wildman–Crippen LogP) is 5.30. The highest BCUT2D eigenvalue weighted by atomic mass is 19.4. The Balaban J connectivity index is 0.864. The lowest BCUT2D eigenvalue weighted by Gasteiger charge is -2.64. The molecule has 5 aliphatic rings. The van der Waals surface area contributed by atoms with Crippen LogP contribution in [0, 0.1) is 28.6 Å². The summed E-state index contributed by atoms with van der Waals surface area (Å²) in [6.45, 7) is 4.97. The summed E-state index contributed by atoms with van der Waals surface area (Å²) in [4.78, 5) is 17.6. The van der Waals surface area contributed by atoms with Gasteiger partial charge >= 0.3 is 6.18 Å². The third kappa shape index (κ3) is 4.22. The highest BCUT2D eigenvalue weighted by Crippen LogP contribution is 2.82. The molecule has 0 aromatic heterocycles. The van der Waals surface area contributed by atoms with E-state index in [1.807, 2.05) is 4.90 Å². The van der Waals surface area contributed by atoms with E-state index in [0.717, 1.165) is 95.5 Å². The topological polar surface area (TPSA) is 61.6 Å². The highest BCUT2D eigenvalue weighted by molar-refractivity contribution is 5.86. The Bertz CT molecular complexity index is 1020. The van der Waals surface area contributed by atoms with Crippen molar-refractivity contribution in [3.05, 3.63) is 23.8 Å². The smallest absolute Gasteiger partial charge is 0.398 e. The average molecular weight is 519 g/mol. The zero-order chi connectivity index (χ0) is 25.8. The summed E-state index contributed by atoms with van der Waals surface area (Å²) in [5.74, 6) is 2.94. The van der Waals surface area contributed by atoms with Crippen LogP contribution in [0.25, 0.3) is 0 Å². The van der Waals surface area contributed by atoms with Gasteiger partial charge in [-0.2, -0.15) is 13.2 Å². The Hall–Kier alpha value is -1.96. The number of rotatable bonds is 9. The molecule has 3 N–H and O–H groups in total. The highest BCUT2D eigenvalue weighted by Gasteiger charge is 2.77. The van der Waals surface area contributed by atoms with Crippen molar-refractivity contribution in [3.8, 4) is 0 Å². The van der Waals surface area contributed by atoms with Gasteiger partial charge in [0.05, 0.1) is 11.0 Å². The average Bonchev–Trinajstić information content (AvgIpc) is 3.31. The van der Waals surface area contributed by atoms with Crippen molar-refractivity contribution < 1.29 is 18.0 Å². The second kappa shape index (κ2) is 9.35. The van der Waals surface area contributed by atoms with E-state index in [4.69, 9.17) is 5.73 Å². The van der Waals surface area contributed by atoms with Crippen molar-refractivity contribution in [1.29, 1.82) is 0 Å². The van der Waals surface area contributed by atoms with Crippen LogP contribution in [0.5, 0.6) is 0 Å². The van der Waals surface area contributed by atoms with Crippen LogP contribution in [0.15, 0.2) is 18.2 Å². The van der Waals surface area contributed by atoms with E-state index in [2.05, 4.69) is 10.2 Å². The van der Waals surface area contributed by atoms with Gasteiger partial charge in [-0.3, -0.25) is 9.69 Å². The summed E-state index contributed by atoms with van der Waals surface area (Å²) in [6, 6.07) is 4.22. The molecule has 1 aliphatic heterocycles. The molecule has 4 aliphatic carbocycles. The van der Waals surface area contributed by atoms with E-state index < -0.39 is 11.7 Å². The van der Waals surface area contributed by atoms with Crippen LogP contribution in [0.2, 0.25) is 0 Å².